The van der Waals surface area contributed by atoms with Crippen LogP contribution in [0.2, 0.25) is 5.02 Å². The zero-order valence-corrected chi connectivity index (χ0v) is 17.4. The molecule has 0 bridgehead atoms. The highest BCUT2D eigenvalue weighted by Crippen LogP contribution is 2.12. The van der Waals surface area contributed by atoms with Gasteiger partial charge in [0.2, 0.25) is 10.0 Å². The molecule has 0 amide bonds. The predicted molar refractivity (Wildman–Crippen MR) is 111 cm³/mol. The van der Waals surface area contributed by atoms with Gasteiger partial charge in [0.25, 0.3) is 0 Å². The van der Waals surface area contributed by atoms with Gasteiger partial charge in [0, 0.05) is 30.5 Å². The van der Waals surface area contributed by atoms with E-state index in [0.717, 1.165) is 24.9 Å². The van der Waals surface area contributed by atoms with Crippen molar-refractivity contribution in [1.29, 1.82) is 0 Å². The molecule has 2 aromatic rings. The Hall–Kier alpha value is -1.37. The lowest BCUT2D eigenvalue weighted by Crippen LogP contribution is -2.26. The Morgan fingerprint density at radius 1 is 0.926 bits per heavy atom. The smallest absolute Gasteiger partial charge is 0.215 e. The molecule has 0 saturated carbocycles. The van der Waals surface area contributed by atoms with Gasteiger partial charge < -0.3 is 4.57 Å². The minimum atomic E-state index is -3.27. The Morgan fingerprint density at radius 3 is 2.19 bits per heavy atom. The van der Waals surface area contributed by atoms with E-state index in [-0.39, 0.29) is 5.75 Å². The summed E-state index contributed by atoms with van der Waals surface area (Å²) in [6.45, 7) is 1.57. The van der Waals surface area contributed by atoms with Crippen molar-refractivity contribution in [1.82, 2.24) is 14.3 Å². The number of nitrogens with one attached hydrogen (secondary N) is 1. The molecule has 27 heavy (non-hydrogen) atoms. The SMILES string of the molecule is O=S(=O)(Cc1ccc(Cl)cc1)NCCCCCCCCCCn1ccnc1. The number of rotatable bonds is 14. The van der Waals surface area contributed by atoms with Gasteiger partial charge in [0.1, 0.15) is 0 Å². The van der Waals surface area contributed by atoms with Gasteiger partial charge >= 0.3 is 0 Å². The van der Waals surface area contributed by atoms with Crippen molar-refractivity contribution < 1.29 is 8.42 Å². The van der Waals surface area contributed by atoms with Crippen LogP contribution in [0.1, 0.15) is 56.9 Å². The number of aryl methyl sites for hydroxylation is 1. The lowest BCUT2D eigenvalue weighted by Gasteiger charge is -2.07. The third-order valence-corrected chi connectivity index (χ3v) is 6.10. The van der Waals surface area contributed by atoms with Crippen LogP contribution in [0.5, 0.6) is 0 Å². The average molecular weight is 412 g/mol. The number of hydrogen-bond acceptors (Lipinski definition) is 3. The van der Waals surface area contributed by atoms with Crippen LogP contribution < -0.4 is 4.72 Å². The van der Waals surface area contributed by atoms with Crippen molar-refractivity contribution >= 4 is 21.6 Å². The van der Waals surface area contributed by atoms with Crippen molar-refractivity contribution in [2.75, 3.05) is 6.54 Å². The molecule has 2 rings (SSSR count). The van der Waals surface area contributed by atoms with E-state index in [0.29, 0.717) is 11.6 Å². The second-order valence-electron chi connectivity index (χ2n) is 6.91. The number of imidazole rings is 1. The zero-order valence-electron chi connectivity index (χ0n) is 15.8. The second kappa shape index (κ2) is 12.2. The largest absolute Gasteiger partial charge is 0.337 e. The Morgan fingerprint density at radius 2 is 1.56 bits per heavy atom. The molecule has 1 N–H and O–H groups in total. The summed E-state index contributed by atoms with van der Waals surface area (Å²) in [5.41, 5.74) is 0.750. The summed E-state index contributed by atoms with van der Waals surface area (Å²) >= 11 is 5.82. The molecule has 1 aromatic heterocycles. The summed E-state index contributed by atoms with van der Waals surface area (Å²) < 4.78 is 28.9. The maximum Gasteiger partial charge on any atom is 0.215 e. The first kappa shape index (κ1) is 21.9. The van der Waals surface area contributed by atoms with Crippen LogP contribution in [-0.2, 0) is 22.3 Å². The van der Waals surface area contributed by atoms with Crippen molar-refractivity contribution in [2.45, 2.75) is 63.7 Å². The summed E-state index contributed by atoms with van der Waals surface area (Å²) in [4.78, 5) is 4.04. The molecule has 0 unspecified atom stereocenters. The first-order chi connectivity index (χ1) is 13.1. The van der Waals surface area contributed by atoms with Crippen LogP contribution in [0.25, 0.3) is 0 Å². The van der Waals surface area contributed by atoms with Gasteiger partial charge in [-0.3, -0.25) is 0 Å². The molecule has 0 spiro atoms. The van der Waals surface area contributed by atoms with Crippen LogP contribution in [-0.4, -0.2) is 24.5 Å². The second-order valence-corrected chi connectivity index (χ2v) is 9.15. The molecule has 5 nitrogen and oxygen atoms in total. The molecular formula is C20H30ClN3O2S. The van der Waals surface area contributed by atoms with Crippen molar-refractivity contribution in [2.24, 2.45) is 0 Å². The van der Waals surface area contributed by atoms with Crippen LogP contribution in [0, 0.1) is 0 Å². The van der Waals surface area contributed by atoms with Crippen LogP contribution in [0.15, 0.2) is 43.0 Å². The van der Waals surface area contributed by atoms with Gasteiger partial charge in [-0.2, -0.15) is 0 Å². The number of hydrogen-bond donors (Lipinski definition) is 1. The Labute approximate surface area is 168 Å². The molecule has 0 atom stereocenters. The molecule has 0 saturated heterocycles. The van der Waals surface area contributed by atoms with E-state index >= 15 is 0 Å². The van der Waals surface area contributed by atoms with E-state index in [1.807, 2.05) is 18.7 Å². The maximum absolute atomic E-state index is 12.1. The summed E-state index contributed by atoms with van der Waals surface area (Å²) in [5, 5.41) is 0.613. The van der Waals surface area contributed by atoms with E-state index in [1.54, 1.807) is 24.3 Å². The Balaban J connectivity index is 1.43. The Kier molecular flexibility index (Phi) is 9.87. The molecule has 7 heteroatoms. The van der Waals surface area contributed by atoms with E-state index in [9.17, 15) is 8.42 Å². The number of sulfonamides is 1. The summed E-state index contributed by atoms with van der Waals surface area (Å²) in [7, 11) is -3.27. The highest BCUT2D eigenvalue weighted by atomic mass is 35.5. The quantitative estimate of drug-likeness (QED) is 0.455. The Bertz CT molecular complexity index is 731. The van der Waals surface area contributed by atoms with Crippen molar-refractivity contribution in [3.05, 3.63) is 53.6 Å². The fourth-order valence-electron chi connectivity index (χ4n) is 2.98. The molecular weight excluding hydrogens is 382 g/mol. The number of halogens is 1. The van der Waals surface area contributed by atoms with Crippen LogP contribution >= 0.6 is 11.6 Å². The number of aromatic nitrogens is 2. The molecule has 0 aliphatic carbocycles. The normalized spacial score (nSPS) is 11.7. The first-order valence-corrected chi connectivity index (χ1v) is 11.8. The van der Waals surface area contributed by atoms with E-state index < -0.39 is 10.0 Å². The van der Waals surface area contributed by atoms with Gasteiger partial charge in [-0.25, -0.2) is 18.1 Å². The molecule has 150 valence electrons. The minimum absolute atomic E-state index is 0.00322. The molecule has 1 heterocycles. The lowest BCUT2D eigenvalue weighted by atomic mass is 10.1. The zero-order chi connectivity index (χ0) is 19.4. The van der Waals surface area contributed by atoms with Gasteiger partial charge in [-0.05, 0) is 30.5 Å². The molecule has 0 aliphatic rings. The fourth-order valence-corrected chi connectivity index (χ4v) is 4.29. The highest BCUT2D eigenvalue weighted by molar-refractivity contribution is 7.88. The lowest BCUT2D eigenvalue weighted by molar-refractivity contribution is 0.536. The third-order valence-electron chi connectivity index (χ3n) is 4.49. The monoisotopic (exact) mass is 411 g/mol. The summed E-state index contributed by atoms with van der Waals surface area (Å²) in [5.74, 6) is 0.00322. The first-order valence-electron chi connectivity index (χ1n) is 9.73. The van der Waals surface area contributed by atoms with Gasteiger partial charge in [0.05, 0.1) is 12.1 Å². The summed E-state index contributed by atoms with van der Waals surface area (Å²) in [6, 6.07) is 6.92. The van der Waals surface area contributed by atoms with Gasteiger partial charge in [-0.15, -0.1) is 0 Å². The molecule has 0 fully saturated rings. The molecule has 1 aromatic carbocycles. The highest BCUT2D eigenvalue weighted by Gasteiger charge is 2.10. The minimum Gasteiger partial charge on any atom is -0.337 e. The topological polar surface area (TPSA) is 64.0 Å². The van der Waals surface area contributed by atoms with Crippen LogP contribution in [0.3, 0.4) is 0 Å². The standard InChI is InChI=1S/C20H30ClN3O2S/c21-20-11-9-19(10-12-20)17-27(25,26)23-13-7-5-3-1-2-4-6-8-15-24-16-14-22-18-24/h9-12,14,16,18,23H,1-8,13,15,17H2. The molecule has 0 aliphatic heterocycles. The number of benzene rings is 1. The fraction of sp³-hybridized carbons (Fsp3) is 0.550. The van der Waals surface area contributed by atoms with Crippen molar-refractivity contribution in [3.63, 3.8) is 0 Å². The predicted octanol–water partition coefficient (Wildman–Crippen LogP) is 4.78. The molecule has 0 radical (unpaired) electrons. The number of nitrogens with zero attached hydrogens (tertiary/aromatic N) is 2. The van der Waals surface area contributed by atoms with E-state index in [2.05, 4.69) is 14.3 Å². The average Bonchev–Trinajstić information content (AvgIpc) is 3.15. The van der Waals surface area contributed by atoms with Crippen molar-refractivity contribution in [3.8, 4) is 0 Å². The van der Waals surface area contributed by atoms with E-state index in [4.69, 9.17) is 11.6 Å². The maximum atomic E-state index is 12.1. The van der Waals surface area contributed by atoms with E-state index in [1.165, 1.54) is 38.5 Å². The van der Waals surface area contributed by atoms with Crippen LogP contribution in [0.4, 0.5) is 0 Å². The summed E-state index contributed by atoms with van der Waals surface area (Å²) in [6.07, 6.45) is 15.0. The van der Waals surface area contributed by atoms with Gasteiger partial charge in [0.15, 0.2) is 0 Å². The number of unbranched alkanes of at least 4 members (excludes halogenated alkanes) is 7. The van der Waals surface area contributed by atoms with Gasteiger partial charge in [-0.1, -0.05) is 62.3 Å². The third kappa shape index (κ3) is 9.94.